The topological polar surface area (TPSA) is 35.2 Å². The summed E-state index contributed by atoms with van der Waals surface area (Å²) in [4.78, 5) is 0. The molecule has 0 spiro atoms. The molecule has 2 nitrogen and oxygen atoms in total. The number of ether oxygens (including phenoxy) is 1. The minimum absolute atomic E-state index is 0.401. The molecule has 1 aromatic carbocycles. The van der Waals surface area contributed by atoms with E-state index in [0.717, 1.165) is 18.8 Å². The molecule has 0 aromatic heterocycles. The lowest BCUT2D eigenvalue weighted by atomic mass is 10.0. The van der Waals surface area contributed by atoms with Crippen molar-refractivity contribution >= 4 is 0 Å². The maximum absolute atomic E-state index is 6.05. The number of rotatable bonds is 4. The van der Waals surface area contributed by atoms with Gasteiger partial charge in [0, 0.05) is 6.04 Å². The summed E-state index contributed by atoms with van der Waals surface area (Å²) < 4.78 is 5.82. The highest BCUT2D eigenvalue weighted by Crippen LogP contribution is 2.27. The SMILES string of the molecule is Cc1cc(C)cc(OCCC2CCCC2N)c1. The van der Waals surface area contributed by atoms with Crippen LogP contribution in [0, 0.1) is 19.8 Å². The van der Waals surface area contributed by atoms with Crippen LogP contribution in [0.1, 0.15) is 36.8 Å². The summed E-state index contributed by atoms with van der Waals surface area (Å²) in [5.41, 5.74) is 8.57. The average Bonchev–Trinajstić information content (AvgIpc) is 2.63. The fourth-order valence-corrected chi connectivity index (χ4v) is 2.77. The Morgan fingerprint density at radius 2 is 1.88 bits per heavy atom. The van der Waals surface area contributed by atoms with Crippen molar-refractivity contribution < 1.29 is 4.74 Å². The molecule has 1 saturated carbocycles. The first-order valence-electron chi connectivity index (χ1n) is 6.62. The molecular weight excluding hydrogens is 210 g/mol. The van der Waals surface area contributed by atoms with Gasteiger partial charge in [-0.2, -0.15) is 0 Å². The smallest absolute Gasteiger partial charge is 0.119 e. The molecule has 1 aliphatic carbocycles. The van der Waals surface area contributed by atoms with Crippen LogP contribution in [-0.4, -0.2) is 12.6 Å². The van der Waals surface area contributed by atoms with Gasteiger partial charge in [-0.25, -0.2) is 0 Å². The van der Waals surface area contributed by atoms with Gasteiger partial charge in [0.25, 0.3) is 0 Å². The maximum Gasteiger partial charge on any atom is 0.119 e. The van der Waals surface area contributed by atoms with E-state index in [1.165, 1.54) is 30.4 Å². The summed E-state index contributed by atoms with van der Waals surface area (Å²) in [5, 5.41) is 0. The highest BCUT2D eigenvalue weighted by Gasteiger charge is 2.23. The third kappa shape index (κ3) is 3.47. The number of hydrogen-bond acceptors (Lipinski definition) is 2. The molecule has 17 heavy (non-hydrogen) atoms. The van der Waals surface area contributed by atoms with E-state index in [-0.39, 0.29) is 0 Å². The number of nitrogens with two attached hydrogens (primary N) is 1. The van der Waals surface area contributed by atoms with Gasteiger partial charge >= 0.3 is 0 Å². The zero-order valence-electron chi connectivity index (χ0n) is 10.9. The normalized spacial score (nSPS) is 23.9. The minimum Gasteiger partial charge on any atom is -0.494 e. The van der Waals surface area contributed by atoms with Crippen LogP contribution in [0.15, 0.2) is 18.2 Å². The fourth-order valence-electron chi connectivity index (χ4n) is 2.77. The maximum atomic E-state index is 6.05. The minimum atomic E-state index is 0.401. The highest BCUT2D eigenvalue weighted by atomic mass is 16.5. The van der Waals surface area contributed by atoms with E-state index in [1.54, 1.807) is 0 Å². The molecule has 0 bridgehead atoms. The van der Waals surface area contributed by atoms with Crippen LogP contribution in [-0.2, 0) is 0 Å². The lowest BCUT2D eigenvalue weighted by Gasteiger charge is -2.15. The molecule has 0 heterocycles. The van der Waals surface area contributed by atoms with Crippen molar-refractivity contribution in [3.8, 4) is 5.75 Å². The van der Waals surface area contributed by atoms with E-state index in [1.807, 2.05) is 0 Å². The Balaban J connectivity index is 1.81. The van der Waals surface area contributed by atoms with E-state index >= 15 is 0 Å². The second-order valence-corrected chi connectivity index (χ2v) is 5.32. The van der Waals surface area contributed by atoms with Gasteiger partial charge in [0.15, 0.2) is 0 Å². The molecule has 1 aliphatic rings. The van der Waals surface area contributed by atoms with E-state index in [0.29, 0.717) is 12.0 Å². The second kappa shape index (κ2) is 5.54. The van der Waals surface area contributed by atoms with E-state index in [4.69, 9.17) is 10.5 Å². The quantitative estimate of drug-likeness (QED) is 0.866. The predicted octanol–water partition coefficient (Wildman–Crippen LogP) is 3.20. The first-order chi connectivity index (χ1) is 8.15. The summed E-state index contributed by atoms with van der Waals surface area (Å²) in [6.07, 6.45) is 4.84. The van der Waals surface area contributed by atoms with Gasteiger partial charge in [0.05, 0.1) is 6.61 Å². The number of benzene rings is 1. The van der Waals surface area contributed by atoms with Crippen molar-refractivity contribution in [3.05, 3.63) is 29.3 Å². The first-order valence-corrected chi connectivity index (χ1v) is 6.62. The van der Waals surface area contributed by atoms with E-state index in [9.17, 15) is 0 Å². The Morgan fingerprint density at radius 3 is 2.47 bits per heavy atom. The summed E-state index contributed by atoms with van der Waals surface area (Å²) in [5.74, 6) is 1.66. The lowest BCUT2D eigenvalue weighted by Crippen LogP contribution is -2.25. The van der Waals surface area contributed by atoms with Crippen LogP contribution in [0.5, 0.6) is 5.75 Å². The fraction of sp³-hybridized carbons (Fsp3) is 0.600. The largest absolute Gasteiger partial charge is 0.494 e. The van der Waals surface area contributed by atoms with Gasteiger partial charge in [-0.1, -0.05) is 12.5 Å². The van der Waals surface area contributed by atoms with Gasteiger partial charge in [-0.15, -0.1) is 0 Å². The molecular formula is C15H23NO. The number of hydrogen-bond donors (Lipinski definition) is 1. The third-order valence-electron chi connectivity index (χ3n) is 3.67. The van der Waals surface area contributed by atoms with Crippen molar-refractivity contribution in [2.24, 2.45) is 11.7 Å². The molecule has 0 aliphatic heterocycles. The molecule has 94 valence electrons. The molecule has 2 unspecified atom stereocenters. The molecule has 1 aromatic rings. The molecule has 0 radical (unpaired) electrons. The molecule has 2 atom stereocenters. The van der Waals surface area contributed by atoms with E-state index < -0.39 is 0 Å². The van der Waals surface area contributed by atoms with Crippen LogP contribution in [0.4, 0.5) is 0 Å². The first kappa shape index (κ1) is 12.4. The third-order valence-corrected chi connectivity index (χ3v) is 3.67. The standard InChI is InChI=1S/C15H23NO/c1-11-8-12(2)10-14(9-11)17-7-6-13-4-3-5-15(13)16/h8-10,13,15H,3-7,16H2,1-2H3. The van der Waals surface area contributed by atoms with Gasteiger partial charge in [-0.3, -0.25) is 0 Å². The van der Waals surface area contributed by atoms with Crippen molar-refractivity contribution in [1.82, 2.24) is 0 Å². The van der Waals surface area contributed by atoms with Gasteiger partial charge in [-0.05, 0) is 62.3 Å². The molecule has 0 amide bonds. The number of aryl methyl sites for hydroxylation is 2. The Bertz CT molecular complexity index is 355. The van der Waals surface area contributed by atoms with Crippen LogP contribution in [0.25, 0.3) is 0 Å². The molecule has 2 rings (SSSR count). The van der Waals surface area contributed by atoms with Gasteiger partial charge in [0.2, 0.25) is 0 Å². The summed E-state index contributed by atoms with van der Waals surface area (Å²) in [6.45, 7) is 5.00. The molecule has 0 saturated heterocycles. The second-order valence-electron chi connectivity index (χ2n) is 5.32. The van der Waals surface area contributed by atoms with Crippen LogP contribution in [0.2, 0.25) is 0 Å². The van der Waals surface area contributed by atoms with Gasteiger partial charge in [0.1, 0.15) is 5.75 Å². The zero-order valence-corrected chi connectivity index (χ0v) is 10.9. The van der Waals surface area contributed by atoms with Crippen molar-refractivity contribution in [3.63, 3.8) is 0 Å². The Hall–Kier alpha value is -1.02. The molecule has 2 N–H and O–H groups in total. The summed E-state index contributed by atoms with van der Waals surface area (Å²) >= 11 is 0. The van der Waals surface area contributed by atoms with Crippen molar-refractivity contribution in [2.45, 2.75) is 45.6 Å². The monoisotopic (exact) mass is 233 g/mol. The summed E-state index contributed by atoms with van der Waals surface area (Å²) in [7, 11) is 0. The van der Waals surface area contributed by atoms with Crippen molar-refractivity contribution in [2.75, 3.05) is 6.61 Å². The Morgan fingerprint density at radius 1 is 1.18 bits per heavy atom. The Kier molecular flexibility index (Phi) is 4.06. The Labute approximate surface area is 104 Å². The van der Waals surface area contributed by atoms with E-state index in [2.05, 4.69) is 32.0 Å². The highest BCUT2D eigenvalue weighted by molar-refractivity contribution is 5.32. The molecule has 1 fully saturated rings. The van der Waals surface area contributed by atoms with Crippen LogP contribution < -0.4 is 10.5 Å². The zero-order chi connectivity index (χ0) is 12.3. The predicted molar refractivity (Wildman–Crippen MR) is 71.3 cm³/mol. The molecule has 2 heteroatoms. The van der Waals surface area contributed by atoms with Crippen molar-refractivity contribution in [1.29, 1.82) is 0 Å². The van der Waals surface area contributed by atoms with Crippen LogP contribution >= 0.6 is 0 Å². The lowest BCUT2D eigenvalue weighted by molar-refractivity contribution is 0.271. The average molecular weight is 233 g/mol. The van der Waals surface area contributed by atoms with Crippen LogP contribution in [0.3, 0.4) is 0 Å². The van der Waals surface area contributed by atoms with Gasteiger partial charge < -0.3 is 10.5 Å². The summed E-state index contributed by atoms with van der Waals surface area (Å²) in [6, 6.07) is 6.76.